The maximum absolute atomic E-state index is 4.64. The molecule has 1 aliphatic carbocycles. The van der Waals surface area contributed by atoms with Crippen LogP contribution in [0.3, 0.4) is 0 Å². The van der Waals surface area contributed by atoms with Crippen LogP contribution >= 0.6 is 22.9 Å². The van der Waals surface area contributed by atoms with Crippen molar-refractivity contribution in [3.05, 3.63) is 60.4 Å². The summed E-state index contributed by atoms with van der Waals surface area (Å²) in [5.41, 5.74) is 4.52. The molecule has 0 saturated carbocycles. The molecule has 1 saturated heterocycles. The highest BCUT2D eigenvalue weighted by atomic mass is 35.5. The highest BCUT2D eigenvalue weighted by Gasteiger charge is 2.25. The summed E-state index contributed by atoms with van der Waals surface area (Å²) in [4.78, 5) is 16.0. The number of hydrogen-bond acceptors (Lipinski definition) is 7. The molecule has 3 aromatic rings. The van der Waals surface area contributed by atoms with Crippen LogP contribution in [0.4, 0.5) is 5.82 Å². The maximum Gasteiger partial charge on any atom is 0.142 e. The second-order valence-electron chi connectivity index (χ2n) is 8.93. The first kappa shape index (κ1) is 28.1. The third-order valence-electron chi connectivity index (χ3n) is 6.13. The van der Waals surface area contributed by atoms with Crippen molar-refractivity contribution >= 4 is 39.0 Å². The van der Waals surface area contributed by atoms with Gasteiger partial charge < -0.3 is 15.1 Å². The Bertz CT molecular complexity index is 1190. The molecule has 4 heterocycles. The number of allylic oxidation sites excluding steroid dienone is 4. The zero-order valence-electron chi connectivity index (χ0n) is 22.1. The number of anilines is 1. The van der Waals surface area contributed by atoms with Gasteiger partial charge in [0.2, 0.25) is 0 Å². The van der Waals surface area contributed by atoms with E-state index >= 15 is 0 Å². The largest absolute Gasteiger partial charge is 0.340 e. The summed E-state index contributed by atoms with van der Waals surface area (Å²) >= 11 is 6.36. The van der Waals surface area contributed by atoms with Crippen LogP contribution in [-0.4, -0.2) is 76.2 Å². The van der Waals surface area contributed by atoms with Crippen LogP contribution in [0.15, 0.2) is 49.1 Å². The average Bonchev–Trinajstić information content (AvgIpc) is 3.45. The quantitative estimate of drug-likeness (QED) is 0.356. The van der Waals surface area contributed by atoms with Crippen LogP contribution in [-0.2, 0) is 19.9 Å². The molecule has 0 unspecified atom stereocenters. The van der Waals surface area contributed by atoms with Gasteiger partial charge in [-0.05, 0) is 45.0 Å². The van der Waals surface area contributed by atoms with Crippen molar-refractivity contribution < 1.29 is 0 Å². The number of nitrogens with one attached hydrogen (secondary N) is 1. The maximum atomic E-state index is 4.64. The van der Waals surface area contributed by atoms with Gasteiger partial charge in [-0.25, -0.2) is 9.97 Å². The van der Waals surface area contributed by atoms with E-state index in [1.54, 1.807) is 17.7 Å². The van der Waals surface area contributed by atoms with Crippen LogP contribution in [0, 0.1) is 0 Å². The molecule has 0 spiro atoms. The van der Waals surface area contributed by atoms with Crippen LogP contribution in [0.5, 0.6) is 0 Å². The average molecular weight is 528 g/mol. The minimum Gasteiger partial charge on any atom is -0.340 e. The predicted octanol–water partition coefficient (Wildman–Crippen LogP) is 5.36. The second-order valence-corrected chi connectivity index (χ2v) is 9.93. The van der Waals surface area contributed by atoms with Gasteiger partial charge in [-0.3, -0.25) is 4.68 Å². The topological polar surface area (TPSA) is 62.1 Å². The Kier molecular flexibility index (Phi) is 10.7. The number of halogens is 1. The van der Waals surface area contributed by atoms with Crippen molar-refractivity contribution in [2.24, 2.45) is 7.05 Å². The molecule has 1 fully saturated rings. The van der Waals surface area contributed by atoms with Crippen molar-refractivity contribution in [3.63, 3.8) is 0 Å². The van der Waals surface area contributed by atoms with E-state index in [0.29, 0.717) is 0 Å². The van der Waals surface area contributed by atoms with Crippen molar-refractivity contribution in [2.45, 2.75) is 26.2 Å². The normalized spacial score (nSPS) is 15.7. The Morgan fingerprint density at radius 3 is 2.44 bits per heavy atom. The minimum atomic E-state index is 0.809. The van der Waals surface area contributed by atoms with E-state index in [1.165, 1.54) is 54.3 Å². The highest BCUT2D eigenvalue weighted by Crippen LogP contribution is 2.44. The van der Waals surface area contributed by atoms with Gasteiger partial charge in [0.05, 0.1) is 11.1 Å². The molecule has 0 aromatic carbocycles. The molecule has 0 bridgehead atoms. The standard InChI is InChI=1S/C20H21N5S.C6H14N2.CH3Cl/c1-4-5-6-7-8-13(2)23-19-17-14-9-10-16-15(11-25(3)24-16)18(14)26-20(17)22-12-21-19;1-7-3-5-8(2)6-4-7;1-2/h5-8,11-12H,2,4,9-10H2,1,3H3,(H,21,22,23);3-6H2,1-2H3;1H3/b6-5-,8-7-;;. The number of nitrogens with zero attached hydrogens (tertiary/aromatic N) is 6. The van der Waals surface area contributed by atoms with Gasteiger partial charge >= 0.3 is 0 Å². The van der Waals surface area contributed by atoms with E-state index in [2.05, 4.69) is 81.7 Å². The number of hydrogen-bond donors (Lipinski definition) is 1. The lowest BCUT2D eigenvalue weighted by Gasteiger charge is -2.28. The van der Waals surface area contributed by atoms with Gasteiger partial charge in [-0.1, -0.05) is 31.7 Å². The third kappa shape index (κ3) is 7.03. The van der Waals surface area contributed by atoms with Crippen LogP contribution in [0.2, 0.25) is 0 Å². The summed E-state index contributed by atoms with van der Waals surface area (Å²) in [6, 6.07) is 0. The van der Waals surface area contributed by atoms with E-state index in [4.69, 9.17) is 0 Å². The lowest BCUT2D eigenvalue weighted by atomic mass is 9.95. The molecule has 2 aliphatic rings. The molecule has 1 aliphatic heterocycles. The summed E-state index contributed by atoms with van der Waals surface area (Å²) in [5, 5.41) is 9.04. The molecular formula is C27H38ClN7S. The predicted molar refractivity (Wildman–Crippen MR) is 155 cm³/mol. The summed E-state index contributed by atoms with van der Waals surface area (Å²) in [7, 11) is 6.32. The molecule has 0 radical (unpaired) electrons. The summed E-state index contributed by atoms with van der Waals surface area (Å²) in [6.07, 6.45) is 16.2. The number of rotatable bonds is 5. The van der Waals surface area contributed by atoms with Gasteiger partial charge in [0.1, 0.15) is 17.0 Å². The van der Waals surface area contributed by atoms with Crippen LogP contribution in [0.25, 0.3) is 20.7 Å². The van der Waals surface area contributed by atoms with Crippen molar-refractivity contribution in [3.8, 4) is 10.4 Å². The minimum absolute atomic E-state index is 0.809. The molecule has 3 aromatic heterocycles. The fourth-order valence-corrected chi connectivity index (χ4v) is 5.40. The number of alkyl halides is 1. The fraction of sp³-hybridized carbons (Fsp3) is 0.444. The zero-order chi connectivity index (χ0) is 26.1. The second kappa shape index (κ2) is 13.7. The Balaban J connectivity index is 0.000000305. The molecule has 5 rings (SSSR count). The Labute approximate surface area is 224 Å². The van der Waals surface area contributed by atoms with Gasteiger partial charge in [-0.15, -0.1) is 22.9 Å². The number of aromatic nitrogens is 4. The van der Waals surface area contributed by atoms with Crippen molar-refractivity contribution in [1.29, 1.82) is 0 Å². The number of aryl methyl sites for hydroxylation is 3. The summed E-state index contributed by atoms with van der Waals surface area (Å²) < 4.78 is 1.89. The molecule has 9 heteroatoms. The van der Waals surface area contributed by atoms with Crippen LogP contribution < -0.4 is 5.32 Å². The van der Waals surface area contributed by atoms with Gasteiger partial charge in [-0.2, -0.15) is 5.10 Å². The monoisotopic (exact) mass is 527 g/mol. The Morgan fingerprint density at radius 1 is 1.08 bits per heavy atom. The molecule has 36 heavy (non-hydrogen) atoms. The SMILES string of the molecule is C=C(/C=C\C=C/CC)Nc1ncnc2sc3c(c12)CCc1nn(C)cc1-3.CCl.CN1CCN(C)CC1. The molecule has 194 valence electrons. The Hall–Kier alpha value is -2.52. The van der Waals surface area contributed by atoms with Crippen molar-refractivity contribution in [2.75, 3.05) is 52.0 Å². The molecule has 0 atom stereocenters. The molecule has 0 amide bonds. The first-order valence-corrected chi connectivity index (χ1v) is 13.9. The van der Waals surface area contributed by atoms with Gasteiger partial charge in [0.15, 0.2) is 0 Å². The number of fused-ring (bicyclic) bond motifs is 5. The lowest BCUT2D eigenvalue weighted by Crippen LogP contribution is -2.42. The summed E-state index contributed by atoms with van der Waals surface area (Å²) in [5.74, 6) is 0.828. The molecule has 7 nitrogen and oxygen atoms in total. The fourth-order valence-electron chi connectivity index (χ4n) is 4.18. The van der Waals surface area contributed by atoms with Gasteiger partial charge in [0, 0.05) is 61.9 Å². The lowest BCUT2D eigenvalue weighted by molar-refractivity contribution is 0.181. The smallest absolute Gasteiger partial charge is 0.142 e. The van der Waals surface area contributed by atoms with E-state index in [1.807, 2.05) is 30.0 Å². The van der Waals surface area contributed by atoms with E-state index < -0.39 is 0 Å². The van der Waals surface area contributed by atoms with Crippen LogP contribution in [0.1, 0.15) is 24.6 Å². The zero-order valence-corrected chi connectivity index (χ0v) is 23.7. The van der Waals surface area contributed by atoms with Gasteiger partial charge in [0.25, 0.3) is 0 Å². The number of thiophene rings is 1. The number of likely N-dealkylation sites (N-methyl/N-ethyl adjacent to an activating group) is 2. The first-order valence-electron chi connectivity index (χ1n) is 12.3. The highest BCUT2D eigenvalue weighted by molar-refractivity contribution is 7.22. The van der Waals surface area contributed by atoms with E-state index in [9.17, 15) is 0 Å². The van der Waals surface area contributed by atoms with Crippen molar-refractivity contribution in [1.82, 2.24) is 29.5 Å². The third-order valence-corrected chi connectivity index (χ3v) is 7.31. The van der Waals surface area contributed by atoms with E-state index in [0.717, 1.165) is 41.0 Å². The molecule has 1 N–H and O–H groups in total. The summed E-state index contributed by atoms with van der Waals surface area (Å²) in [6.45, 7) is 11.1. The Morgan fingerprint density at radius 2 is 1.78 bits per heavy atom. The molecular weight excluding hydrogens is 490 g/mol. The first-order chi connectivity index (χ1) is 17.5. The number of piperazine rings is 1. The van der Waals surface area contributed by atoms with E-state index in [-0.39, 0.29) is 0 Å².